The second-order valence-electron chi connectivity index (χ2n) is 5.13. The maximum Gasteiger partial charge on any atom is 0.349 e. The van der Waals surface area contributed by atoms with Crippen LogP contribution < -0.4 is 16.1 Å². The first-order valence-corrected chi connectivity index (χ1v) is 9.26. The van der Waals surface area contributed by atoms with Crippen LogP contribution in [0.4, 0.5) is 5.69 Å². The number of primary sulfonamides is 1. The lowest BCUT2D eigenvalue weighted by Crippen LogP contribution is -2.21. The number of carbonyl (C=O) groups excluding carboxylic acids is 1. The van der Waals surface area contributed by atoms with E-state index in [0.29, 0.717) is 15.4 Å². The van der Waals surface area contributed by atoms with Gasteiger partial charge in [-0.25, -0.2) is 18.4 Å². The highest BCUT2D eigenvalue weighted by atomic mass is 79.9. The first kappa shape index (κ1) is 17.3. The number of benzene rings is 2. The fourth-order valence-corrected chi connectivity index (χ4v) is 3.35. The average Bonchev–Trinajstić information content (AvgIpc) is 2.55. The number of fused-ring (bicyclic) bond motifs is 1. The lowest BCUT2D eigenvalue weighted by Gasteiger charge is -2.08. The minimum absolute atomic E-state index is 0.109. The largest absolute Gasteiger partial charge is 0.422 e. The summed E-state index contributed by atoms with van der Waals surface area (Å²) in [4.78, 5) is 24.3. The second kappa shape index (κ2) is 6.43. The molecule has 3 rings (SSSR count). The van der Waals surface area contributed by atoms with Crippen molar-refractivity contribution >= 4 is 48.5 Å². The summed E-state index contributed by atoms with van der Waals surface area (Å²) in [6.45, 7) is 0. The Morgan fingerprint density at radius 3 is 2.52 bits per heavy atom. The molecule has 0 aliphatic rings. The van der Waals surface area contributed by atoms with Crippen molar-refractivity contribution in [3.63, 3.8) is 0 Å². The van der Waals surface area contributed by atoms with Crippen LogP contribution >= 0.6 is 15.9 Å². The summed E-state index contributed by atoms with van der Waals surface area (Å²) in [5.74, 6) is -0.677. The Balaban J connectivity index is 1.95. The maximum atomic E-state index is 12.4. The summed E-state index contributed by atoms with van der Waals surface area (Å²) < 4.78 is 28.1. The monoisotopic (exact) mass is 422 g/mol. The van der Waals surface area contributed by atoms with E-state index in [0.717, 1.165) is 0 Å². The average molecular weight is 423 g/mol. The van der Waals surface area contributed by atoms with Gasteiger partial charge in [-0.3, -0.25) is 4.79 Å². The van der Waals surface area contributed by atoms with Crippen molar-refractivity contribution in [2.24, 2.45) is 5.14 Å². The molecule has 0 aliphatic heterocycles. The highest BCUT2D eigenvalue weighted by molar-refractivity contribution is 9.10. The molecule has 0 spiro atoms. The van der Waals surface area contributed by atoms with Gasteiger partial charge in [0.2, 0.25) is 10.0 Å². The molecule has 3 N–H and O–H groups in total. The number of nitrogens with one attached hydrogen (secondary N) is 1. The lowest BCUT2D eigenvalue weighted by molar-refractivity contribution is 0.102. The molecule has 0 aliphatic carbocycles. The highest BCUT2D eigenvalue weighted by Crippen LogP contribution is 2.26. The van der Waals surface area contributed by atoms with E-state index in [1.165, 1.54) is 24.3 Å². The van der Waals surface area contributed by atoms with E-state index in [1.807, 2.05) is 0 Å². The van der Waals surface area contributed by atoms with Gasteiger partial charge in [-0.15, -0.1) is 0 Å². The van der Waals surface area contributed by atoms with E-state index in [-0.39, 0.29) is 16.1 Å². The Morgan fingerprint density at radius 2 is 1.84 bits per heavy atom. The van der Waals surface area contributed by atoms with Gasteiger partial charge in [0, 0.05) is 9.86 Å². The Kier molecular flexibility index (Phi) is 4.46. The number of para-hydroxylation sites is 1. The van der Waals surface area contributed by atoms with Gasteiger partial charge < -0.3 is 9.73 Å². The van der Waals surface area contributed by atoms with Crippen LogP contribution in [0.2, 0.25) is 0 Å². The van der Waals surface area contributed by atoms with Crippen molar-refractivity contribution in [1.29, 1.82) is 0 Å². The fourth-order valence-electron chi connectivity index (χ4n) is 2.18. The molecule has 3 aromatic rings. The van der Waals surface area contributed by atoms with E-state index < -0.39 is 21.6 Å². The van der Waals surface area contributed by atoms with Crippen LogP contribution in [0.5, 0.6) is 0 Å². The molecule has 1 amide bonds. The summed E-state index contributed by atoms with van der Waals surface area (Å²) >= 11 is 3.16. The van der Waals surface area contributed by atoms with Crippen LogP contribution in [-0.4, -0.2) is 14.3 Å². The van der Waals surface area contributed by atoms with Gasteiger partial charge in [-0.1, -0.05) is 18.2 Å². The molecule has 1 aromatic heterocycles. The number of nitrogens with two attached hydrogens (primary N) is 1. The topological polar surface area (TPSA) is 119 Å². The molecule has 0 saturated heterocycles. The van der Waals surface area contributed by atoms with Crippen LogP contribution in [0.15, 0.2) is 67.1 Å². The Labute approximate surface area is 150 Å². The van der Waals surface area contributed by atoms with Gasteiger partial charge in [-0.2, -0.15) is 0 Å². The van der Waals surface area contributed by atoms with E-state index in [4.69, 9.17) is 9.56 Å². The Hall–Kier alpha value is -2.49. The van der Waals surface area contributed by atoms with Gasteiger partial charge in [-0.05, 0) is 46.3 Å². The molecule has 7 nitrogen and oxygen atoms in total. The zero-order valence-electron chi connectivity index (χ0n) is 12.5. The first-order chi connectivity index (χ1) is 11.8. The zero-order chi connectivity index (χ0) is 18.2. The predicted octanol–water partition coefficient (Wildman–Crippen LogP) is 2.46. The number of rotatable bonds is 3. The minimum atomic E-state index is -3.86. The van der Waals surface area contributed by atoms with Crippen molar-refractivity contribution < 1.29 is 17.6 Å². The second-order valence-corrected chi connectivity index (χ2v) is 7.54. The summed E-state index contributed by atoms with van der Waals surface area (Å²) in [7, 11) is -3.86. The molecule has 0 fully saturated rings. The molecule has 2 aromatic carbocycles. The van der Waals surface area contributed by atoms with E-state index in [1.54, 1.807) is 24.3 Å². The number of anilines is 1. The van der Waals surface area contributed by atoms with Crippen LogP contribution in [0.25, 0.3) is 11.0 Å². The summed E-state index contributed by atoms with van der Waals surface area (Å²) in [6, 6.07) is 12.1. The Morgan fingerprint density at radius 1 is 1.12 bits per heavy atom. The number of hydrogen-bond acceptors (Lipinski definition) is 5. The van der Waals surface area contributed by atoms with E-state index >= 15 is 0 Å². The van der Waals surface area contributed by atoms with Crippen molar-refractivity contribution in [1.82, 2.24) is 0 Å². The molecule has 9 heteroatoms. The molecule has 128 valence electrons. The number of hydrogen-bond donors (Lipinski definition) is 2. The summed E-state index contributed by atoms with van der Waals surface area (Å²) in [5.41, 5.74) is -0.276. The fraction of sp³-hybridized carbons (Fsp3) is 0. The third-order valence-electron chi connectivity index (χ3n) is 3.40. The number of amides is 1. The van der Waals surface area contributed by atoms with Crippen molar-refractivity contribution in [3.8, 4) is 0 Å². The van der Waals surface area contributed by atoms with Crippen LogP contribution in [-0.2, 0) is 10.0 Å². The molecule has 0 atom stereocenters. The quantitative estimate of drug-likeness (QED) is 0.628. The van der Waals surface area contributed by atoms with Gasteiger partial charge in [0.25, 0.3) is 5.91 Å². The minimum Gasteiger partial charge on any atom is -0.422 e. The first-order valence-electron chi connectivity index (χ1n) is 6.92. The molecule has 0 unspecified atom stereocenters. The molecule has 25 heavy (non-hydrogen) atoms. The lowest BCUT2D eigenvalue weighted by atomic mass is 10.1. The summed E-state index contributed by atoms with van der Waals surface area (Å²) in [5, 5.41) is 8.19. The van der Waals surface area contributed by atoms with E-state index in [2.05, 4.69) is 21.2 Å². The maximum absolute atomic E-state index is 12.4. The predicted molar refractivity (Wildman–Crippen MR) is 96.0 cm³/mol. The molecule has 0 saturated carbocycles. The van der Waals surface area contributed by atoms with Crippen LogP contribution in [0.3, 0.4) is 0 Å². The number of halogens is 1. The van der Waals surface area contributed by atoms with Crippen LogP contribution in [0.1, 0.15) is 10.4 Å². The molecular formula is C16H11BrN2O5S. The molecular weight excluding hydrogens is 412 g/mol. The van der Waals surface area contributed by atoms with Gasteiger partial charge in [0.05, 0.1) is 10.6 Å². The number of carbonyl (C=O) groups is 1. The number of sulfonamides is 1. The zero-order valence-corrected chi connectivity index (χ0v) is 14.9. The SMILES string of the molecule is NS(=O)(=O)c1ccc(NC(=O)c2cc3ccccc3oc2=O)c(Br)c1. The smallest absolute Gasteiger partial charge is 0.349 e. The van der Waals surface area contributed by atoms with Crippen LogP contribution in [0, 0.1) is 0 Å². The Bertz CT molecular complexity index is 1150. The molecule has 0 bridgehead atoms. The van der Waals surface area contributed by atoms with Gasteiger partial charge in [0.1, 0.15) is 11.1 Å². The molecule has 1 heterocycles. The van der Waals surface area contributed by atoms with Crippen molar-refractivity contribution in [2.75, 3.05) is 5.32 Å². The van der Waals surface area contributed by atoms with Crippen molar-refractivity contribution in [3.05, 3.63) is 69.0 Å². The molecule has 0 radical (unpaired) electrons. The highest BCUT2D eigenvalue weighted by Gasteiger charge is 2.16. The van der Waals surface area contributed by atoms with E-state index in [9.17, 15) is 18.0 Å². The third-order valence-corrected chi connectivity index (χ3v) is 4.97. The standard InChI is InChI=1S/C16H11BrN2O5S/c17-12-8-10(25(18,22)23)5-6-13(12)19-15(20)11-7-9-3-1-2-4-14(9)24-16(11)21/h1-8H,(H,19,20)(H2,18,22,23). The van der Waals surface area contributed by atoms with Gasteiger partial charge >= 0.3 is 5.63 Å². The van der Waals surface area contributed by atoms with Crippen molar-refractivity contribution in [2.45, 2.75) is 4.90 Å². The third kappa shape index (κ3) is 3.63. The van der Waals surface area contributed by atoms with Gasteiger partial charge in [0.15, 0.2) is 0 Å². The summed E-state index contributed by atoms with van der Waals surface area (Å²) in [6.07, 6.45) is 0. The normalized spacial score (nSPS) is 11.4.